The number of aromatic nitrogens is 2. The topological polar surface area (TPSA) is 54.9 Å². The van der Waals surface area contributed by atoms with Crippen molar-refractivity contribution in [2.75, 3.05) is 5.32 Å². The van der Waals surface area contributed by atoms with Crippen LogP contribution in [0.25, 0.3) is 10.8 Å². The summed E-state index contributed by atoms with van der Waals surface area (Å²) in [6.45, 7) is 0. The van der Waals surface area contributed by atoms with E-state index in [1.807, 2.05) is 42.5 Å². The molecule has 1 amide bonds. The summed E-state index contributed by atoms with van der Waals surface area (Å²) in [4.78, 5) is 19.9. The summed E-state index contributed by atoms with van der Waals surface area (Å²) in [6.07, 6.45) is 3.09. The lowest BCUT2D eigenvalue weighted by Crippen LogP contribution is -2.15. The Hall–Kier alpha value is -2.75. The van der Waals surface area contributed by atoms with E-state index in [-0.39, 0.29) is 11.7 Å². The first kappa shape index (κ1) is 11.3. The Labute approximate surface area is 110 Å². The lowest BCUT2D eigenvalue weighted by molar-refractivity contribution is 0.101. The third kappa shape index (κ3) is 2.28. The second-order valence-electron chi connectivity index (χ2n) is 4.05. The zero-order valence-electron chi connectivity index (χ0n) is 10.1. The predicted molar refractivity (Wildman–Crippen MR) is 73.9 cm³/mol. The maximum absolute atomic E-state index is 12.0. The number of hydrogen-bond acceptors (Lipinski definition) is 3. The Balaban J connectivity index is 1.96. The summed E-state index contributed by atoms with van der Waals surface area (Å²) >= 11 is 0. The molecule has 3 rings (SSSR count). The van der Waals surface area contributed by atoms with E-state index < -0.39 is 0 Å². The zero-order chi connectivity index (χ0) is 13.1. The number of carbonyl (C=O) groups is 1. The molecule has 1 heterocycles. The van der Waals surface area contributed by atoms with Crippen LogP contribution in [0.2, 0.25) is 0 Å². The average Bonchev–Trinajstić information content (AvgIpc) is 2.48. The molecule has 0 aliphatic heterocycles. The minimum Gasteiger partial charge on any atom is -0.319 e. The fourth-order valence-corrected chi connectivity index (χ4v) is 1.93. The van der Waals surface area contributed by atoms with Gasteiger partial charge in [0.2, 0.25) is 5.82 Å². The standard InChI is InChI=1S/C15H11N3O/c19-15(14-16-9-4-10-17-14)18-13-8-3-6-11-5-1-2-7-12(11)13/h1-10H,(H,18,19). The first-order valence-electron chi connectivity index (χ1n) is 5.91. The molecule has 4 nitrogen and oxygen atoms in total. The van der Waals surface area contributed by atoms with Gasteiger partial charge in [0.15, 0.2) is 0 Å². The average molecular weight is 249 g/mol. The molecule has 0 fully saturated rings. The van der Waals surface area contributed by atoms with Crippen LogP contribution >= 0.6 is 0 Å². The second kappa shape index (κ2) is 4.86. The highest BCUT2D eigenvalue weighted by Gasteiger charge is 2.09. The van der Waals surface area contributed by atoms with Crippen LogP contribution in [0.15, 0.2) is 60.9 Å². The molecule has 19 heavy (non-hydrogen) atoms. The highest BCUT2D eigenvalue weighted by molar-refractivity contribution is 6.07. The highest BCUT2D eigenvalue weighted by Crippen LogP contribution is 2.23. The Morgan fingerprint density at radius 3 is 2.47 bits per heavy atom. The van der Waals surface area contributed by atoms with Crippen molar-refractivity contribution >= 4 is 22.4 Å². The first-order valence-corrected chi connectivity index (χ1v) is 5.91. The van der Waals surface area contributed by atoms with Gasteiger partial charge in [0, 0.05) is 23.5 Å². The van der Waals surface area contributed by atoms with Gasteiger partial charge in [0.25, 0.3) is 5.91 Å². The van der Waals surface area contributed by atoms with Crippen LogP contribution < -0.4 is 5.32 Å². The molecule has 0 bridgehead atoms. The third-order valence-electron chi connectivity index (χ3n) is 2.81. The van der Waals surface area contributed by atoms with Crippen LogP contribution in [0.4, 0.5) is 5.69 Å². The summed E-state index contributed by atoms with van der Waals surface area (Å²) in [5.41, 5.74) is 0.760. The van der Waals surface area contributed by atoms with E-state index in [0.29, 0.717) is 0 Å². The number of benzene rings is 2. The van der Waals surface area contributed by atoms with E-state index in [1.54, 1.807) is 18.5 Å². The number of nitrogens with one attached hydrogen (secondary N) is 1. The molecule has 0 spiro atoms. The van der Waals surface area contributed by atoms with Gasteiger partial charge in [-0.15, -0.1) is 0 Å². The molecule has 2 aromatic carbocycles. The van der Waals surface area contributed by atoms with Gasteiger partial charge in [-0.05, 0) is 17.5 Å². The predicted octanol–water partition coefficient (Wildman–Crippen LogP) is 2.88. The molecule has 0 saturated carbocycles. The quantitative estimate of drug-likeness (QED) is 0.759. The van der Waals surface area contributed by atoms with E-state index >= 15 is 0 Å². The maximum Gasteiger partial charge on any atom is 0.293 e. The number of carbonyl (C=O) groups excluding carboxylic acids is 1. The Morgan fingerprint density at radius 2 is 1.63 bits per heavy atom. The number of rotatable bonds is 2. The van der Waals surface area contributed by atoms with Crippen LogP contribution in [0, 0.1) is 0 Å². The van der Waals surface area contributed by atoms with Crippen molar-refractivity contribution in [1.29, 1.82) is 0 Å². The van der Waals surface area contributed by atoms with Gasteiger partial charge < -0.3 is 5.32 Å². The van der Waals surface area contributed by atoms with Gasteiger partial charge in [0.05, 0.1) is 0 Å². The molecule has 0 unspecified atom stereocenters. The zero-order valence-corrected chi connectivity index (χ0v) is 10.1. The molecule has 0 atom stereocenters. The van der Waals surface area contributed by atoms with Gasteiger partial charge in [-0.25, -0.2) is 9.97 Å². The van der Waals surface area contributed by atoms with Crippen molar-refractivity contribution < 1.29 is 4.79 Å². The van der Waals surface area contributed by atoms with Crippen LogP contribution in [-0.4, -0.2) is 15.9 Å². The highest BCUT2D eigenvalue weighted by atomic mass is 16.2. The molecule has 1 N–H and O–H groups in total. The number of anilines is 1. The molecule has 92 valence electrons. The molecule has 0 saturated heterocycles. The fraction of sp³-hybridized carbons (Fsp3) is 0. The van der Waals surface area contributed by atoms with Gasteiger partial charge in [-0.3, -0.25) is 4.79 Å². The van der Waals surface area contributed by atoms with Crippen molar-refractivity contribution in [3.05, 3.63) is 66.7 Å². The number of amides is 1. The van der Waals surface area contributed by atoms with Gasteiger partial charge in [-0.1, -0.05) is 36.4 Å². The molecule has 0 aliphatic rings. The smallest absolute Gasteiger partial charge is 0.293 e. The lowest BCUT2D eigenvalue weighted by Gasteiger charge is -2.07. The molecular formula is C15H11N3O. The number of hydrogen-bond donors (Lipinski definition) is 1. The van der Waals surface area contributed by atoms with Crippen molar-refractivity contribution in [3.8, 4) is 0 Å². The molecule has 1 aromatic heterocycles. The fourth-order valence-electron chi connectivity index (χ4n) is 1.93. The summed E-state index contributed by atoms with van der Waals surface area (Å²) < 4.78 is 0. The van der Waals surface area contributed by atoms with E-state index in [4.69, 9.17) is 0 Å². The molecule has 0 aliphatic carbocycles. The molecular weight excluding hydrogens is 238 g/mol. The normalized spacial score (nSPS) is 10.3. The van der Waals surface area contributed by atoms with Gasteiger partial charge >= 0.3 is 0 Å². The third-order valence-corrected chi connectivity index (χ3v) is 2.81. The summed E-state index contributed by atoms with van der Waals surface area (Å²) in [5, 5.41) is 4.91. The summed E-state index contributed by atoms with van der Waals surface area (Å²) in [5.74, 6) is -0.146. The van der Waals surface area contributed by atoms with Crippen LogP contribution in [-0.2, 0) is 0 Å². The second-order valence-corrected chi connectivity index (χ2v) is 4.05. The minimum absolute atomic E-state index is 0.162. The Bertz CT molecular complexity index is 720. The SMILES string of the molecule is O=C(Nc1cccc2ccccc12)c1ncccn1. The van der Waals surface area contributed by atoms with Crippen molar-refractivity contribution in [3.63, 3.8) is 0 Å². The van der Waals surface area contributed by atoms with Crippen LogP contribution in [0.5, 0.6) is 0 Å². The first-order chi connectivity index (χ1) is 9.34. The maximum atomic E-state index is 12.0. The molecule has 0 radical (unpaired) electrons. The molecule has 3 aromatic rings. The van der Waals surface area contributed by atoms with Gasteiger partial charge in [-0.2, -0.15) is 0 Å². The van der Waals surface area contributed by atoms with E-state index in [9.17, 15) is 4.79 Å². The van der Waals surface area contributed by atoms with Crippen molar-refractivity contribution in [2.45, 2.75) is 0 Å². The van der Waals surface area contributed by atoms with E-state index in [1.165, 1.54) is 0 Å². The minimum atomic E-state index is -0.308. The largest absolute Gasteiger partial charge is 0.319 e. The Morgan fingerprint density at radius 1 is 0.895 bits per heavy atom. The lowest BCUT2D eigenvalue weighted by atomic mass is 10.1. The van der Waals surface area contributed by atoms with Gasteiger partial charge in [0.1, 0.15) is 0 Å². The molecule has 4 heteroatoms. The summed E-state index contributed by atoms with van der Waals surface area (Å²) in [7, 11) is 0. The number of fused-ring (bicyclic) bond motifs is 1. The Kier molecular flexibility index (Phi) is 2.90. The van der Waals surface area contributed by atoms with E-state index in [2.05, 4.69) is 15.3 Å². The van der Waals surface area contributed by atoms with Crippen LogP contribution in [0.1, 0.15) is 10.6 Å². The van der Waals surface area contributed by atoms with E-state index in [0.717, 1.165) is 16.5 Å². The monoisotopic (exact) mass is 249 g/mol. The summed E-state index contributed by atoms with van der Waals surface area (Å²) in [6, 6.07) is 15.3. The van der Waals surface area contributed by atoms with Crippen LogP contribution in [0.3, 0.4) is 0 Å². The van der Waals surface area contributed by atoms with Crippen molar-refractivity contribution in [1.82, 2.24) is 9.97 Å². The van der Waals surface area contributed by atoms with Crippen molar-refractivity contribution in [2.24, 2.45) is 0 Å². The number of nitrogens with zero attached hydrogens (tertiary/aromatic N) is 2.